The van der Waals surface area contributed by atoms with E-state index in [9.17, 15) is 5.11 Å². The summed E-state index contributed by atoms with van der Waals surface area (Å²) in [5.74, 6) is 2.20. The second kappa shape index (κ2) is 5.90. The van der Waals surface area contributed by atoms with Gasteiger partial charge in [-0.1, -0.05) is 13.8 Å². The van der Waals surface area contributed by atoms with Crippen molar-refractivity contribution in [3.05, 3.63) is 35.5 Å². The molecule has 20 heavy (non-hydrogen) atoms. The van der Waals surface area contributed by atoms with Gasteiger partial charge in [-0.05, 0) is 44.0 Å². The maximum Gasteiger partial charge on any atom is 0.161 e. The number of aromatic nitrogens is 2. The molecule has 0 amide bonds. The van der Waals surface area contributed by atoms with Crippen molar-refractivity contribution in [1.29, 1.82) is 0 Å². The van der Waals surface area contributed by atoms with Gasteiger partial charge in [0.15, 0.2) is 5.82 Å². The quantitative estimate of drug-likeness (QED) is 0.890. The molecule has 106 valence electrons. The van der Waals surface area contributed by atoms with Gasteiger partial charge in [-0.2, -0.15) is 0 Å². The lowest BCUT2D eigenvalue weighted by atomic mass is 10.0. The van der Waals surface area contributed by atoms with E-state index in [0.29, 0.717) is 11.7 Å². The van der Waals surface area contributed by atoms with Gasteiger partial charge in [0.2, 0.25) is 0 Å². The molecule has 2 rings (SSSR count). The summed E-state index contributed by atoms with van der Waals surface area (Å²) in [6.45, 7) is 9.19. The Labute approximate surface area is 119 Å². The Balaban J connectivity index is 2.53. The zero-order valence-electron chi connectivity index (χ0n) is 12.4. The Morgan fingerprint density at radius 1 is 1.15 bits per heavy atom. The van der Waals surface area contributed by atoms with Crippen molar-refractivity contribution < 1.29 is 5.11 Å². The highest BCUT2D eigenvalue weighted by molar-refractivity contribution is 5.61. The predicted molar refractivity (Wildman–Crippen MR) is 82.1 cm³/mol. The van der Waals surface area contributed by atoms with Crippen molar-refractivity contribution in [2.75, 3.05) is 11.9 Å². The van der Waals surface area contributed by atoms with E-state index in [0.717, 1.165) is 29.2 Å². The third-order valence-electron chi connectivity index (χ3n) is 3.18. The first kappa shape index (κ1) is 14.3. The monoisotopic (exact) mass is 271 g/mol. The molecule has 0 fully saturated rings. The van der Waals surface area contributed by atoms with Crippen LogP contribution in [0.25, 0.3) is 11.4 Å². The minimum absolute atomic E-state index is 0.246. The summed E-state index contributed by atoms with van der Waals surface area (Å²) in [7, 11) is 0. The van der Waals surface area contributed by atoms with Gasteiger partial charge in [0.05, 0.1) is 0 Å². The maximum atomic E-state index is 9.36. The summed E-state index contributed by atoms with van der Waals surface area (Å²) in [5.41, 5.74) is 3.06. The normalized spacial score (nSPS) is 10.8. The number of aryl methyl sites for hydroxylation is 1. The fourth-order valence-electron chi connectivity index (χ4n) is 2.31. The van der Waals surface area contributed by atoms with Crippen molar-refractivity contribution >= 4 is 5.82 Å². The van der Waals surface area contributed by atoms with Crippen LogP contribution in [0.1, 0.15) is 37.9 Å². The topological polar surface area (TPSA) is 58.0 Å². The van der Waals surface area contributed by atoms with Gasteiger partial charge in [0.25, 0.3) is 0 Å². The van der Waals surface area contributed by atoms with Gasteiger partial charge in [-0.3, -0.25) is 0 Å². The Bertz CT molecular complexity index is 591. The van der Waals surface area contributed by atoms with E-state index in [4.69, 9.17) is 0 Å². The van der Waals surface area contributed by atoms with E-state index in [1.54, 1.807) is 12.1 Å². The summed E-state index contributed by atoms with van der Waals surface area (Å²) in [6, 6.07) is 6.96. The molecule has 0 atom stereocenters. The van der Waals surface area contributed by atoms with Crippen LogP contribution in [0.3, 0.4) is 0 Å². The van der Waals surface area contributed by atoms with Crippen LogP contribution in [0.4, 0.5) is 5.82 Å². The van der Waals surface area contributed by atoms with E-state index in [1.807, 2.05) is 19.1 Å². The zero-order valence-corrected chi connectivity index (χ0v) is 12.4. The number of phenols is 1. The largest absolute Gasteiger partial charge is 0.508 e. The Kier molecular flexibility index (Phi) is 4.23. The molecule has 4 nitrogen and oxygen atoms in total. The van der Waals surface area contributed by atoms with Crippen LogP contribution < -0.4 is 5.32 Å². The molecule has 0 saturated carbocycles. The molecule has 0 saturated heterocycles. The number of aromatic hydroxyl groups is 1. The third-order valence-corrected chi connectivity index (χ3v) is 3.18. The fourth-order valence-corrected chi connectivity index (χ4v) is 2.31. The number of hydrogen-bond donors (Lipinski definition) is 2. The lowest BCUT2D eigenvalue weighted by molar-refractivity contribution is 0.475. The van der Waals surface area contributed by atoms with Gasteiger partial charge in [-0.25, -0.2) is 9.97 Å². The molecule has 1 aromatic heterocycles. The van der Waals surface area contributed by atoms with Crippen LogP contribution in [0, 0.1) is 6.92 Å². The summed E-state index contributed by atoms with van der Waals surface area (Å²) in [6.07, 6.45) is 0. The van der Waals surface area contributed by atoms with Gasteiger partial charge < -0.3 is 10.4 Å². The molecule has 0 unspecified atom stereocenters. The molecule has 1 heterocycles. The molecule has 4 heteroatoms. The molecule has 0 aliphatic carbocycles. The molecule has 0 aliphatic heterocycles. The van der Waals surface area contributed by atoms with Crippen LogP contribution in [0.5, 0.6) is 5.75 Å². The minimum atomic E-state index is 0.246. The molecule has 2 aromatic rings. The minimum Gasteiger partial charge on any atom is -0.508 e. The summed E-state index contributed by atoms with van der Waals surface area (Å²) < 4.78 is 0. The number of benzene rings is 1. The van der Waals surface area contributed by atoms with E-state index >= 15 is 0 Å². The number of anilines is 1. The van der Waals surface area contributed by atoms with Gasteiger partial charge >= 0.3 is 0 Å². The third kappa shape index (κ3) is 2.90. The maximum absolute atomic E-state index is 9.36. The number of nitrogens with one attached hydrogen (secondary N) is 1. The standard InChI is InChI=1S/C16H21N3O/c1-5-17-16-14(10(2)3)11(4)18-15(19-16)12-6-8-13(20)9-7-12/h6-10,20H,5H2,1-4H3,(H,17,18,19). The van der Waals surface area contributed by atoms with Crippen LogP contribution >= 0.6 is 0 Å². The second-order valence-electron chi connectivity index (χ2n) is 5.13. The lowest BCUT2D eigenvalue weighted by Gasteiger charge is -2.16. The SMILES string of the molecule is CCNc1nc(-c2ccc(O)cc2)nc(C)c1C(C)C. The number of nitrogens with zero attached hydrogens (tertiary/aromatic N) is 2. The van der Waals surface area contributed by atoms with Crippen molar-refractivity contribution in [1.82, 2.24) is 9.97 Å². The molecule has 0 spiro atoms. The molecule has 1 aromatic carbocycles. The second-order valence-corrected chi connectivity index (χ2v) is 5.13. The Morgan fingerprint density at radius 2 is 1.80 bits per heavy atom. The smallest absolute Gasteiger partial charge is 0.161 e. The fraction of sp³-hybridized carbons (Fsp3) is 0.375. The van der Waals surface area contributed by atoms with E-state index in [-0.39, 0.29) is 5.75 Å². The Hall–Kier alpha value is -2.10. The number of phenolic OH excluding ortho intramolecular Hbond substituents is 1. The first-order valence-electron chi connectivity index (χ1n) is 6.94. The lowest BCUT2D eigenvalue weighted by Crippen LogP contribution is -2.09. The summed E-state index contributed by atoms with van der Waals surface area (Å²) in [5, 5.41) is 12.7. The number of rotatable bonds is 4. The van der Waals surface area contributed by atoms with Crippen LogP contribution in [-0.2, 0) is 0 Å². The predicted octanol–water partition coefficient (Wildman–Crippen LogP) is 3.71. The highest BCUT2D eigenvalue weighted by Gasteiger charge is 2.15. The first-order valence-corrected chi connectivity index (χ1v) is 6.94. The molecule has 0 aliphatic rings. The van der Waals surface area contributed by atoms with Crippen LogP contribution in [0.15, 0.2) is 24.3 Å². The molecule has 0 radical (unpaired) electrons. The van der Waals surface area contributed by atoms with E-state index < -0.39 is 0 Å². The highest BCUT2D eigenvalue weighted by Crippen LogP contribution is 2.28. The average molecular weight is 271 g/mol. The van der Waals surface area contributed by atoms with Gasteiger partial charge in [-0.15, -0.1) is 0 Å². The molecule has 0 bridgehead atoms. The molecular formula is C16H21N3O. The van der Waals surface area contributed by atoms with Crippen molar-refractivity contribution in [2.24, 2.45) is 0 Å². The Morgan fingerprint density at radius 3 is 2.35 bits per heavy atom. The summed E-state index contributed by atoms with van der Waals surface area (Å²) in [4.78, 5) is 9.25. The van der Waals surface area contributed by atoms with Gasteiger partial charge in [0.1, 0.15) is 11.6 Å². The van der Waals surface area contributed by atoms with Crippen molar-refractivity contribution in [3.8, 4) is 17.1 Å². The van der Waals surface area contributed by atoms with E-state index in [2.05, 4.69) is 36.1 Å². The summed E-state index contributed by atoms with van der Waals surface area (Å²) >= 11 is 0. The number of hydrogen-bond acceptors (Lipinski definition) is 4. The molecular weight excluding hydrogens is 250 g/mol. The van der Waals surface area contributed by atoms with Crippen molar-refractivity contribution in [3.63, 3.8) is 0 Å². The zero-order chi connectivity index (χ0) is 14.7. The molecule has 2 N–H and O–H groups in total. The average Bonchev–Trinajstić information content (AvgIpc) is 2.38. The van der Waals surface area contributed by atoms with Crippen LogP contribution in [-0.4, -0.2) is 21.6 Å². The first-order chi connectivity index (χ1) is 9.52. The highest BCUT2D eigenvalue weighted by atomic mass is 16.3. The van der Waals surface area contributed by atoms with Crippen LogP contribution in [0.2, 0.25) is 0 Å². The van der Waals surface area contributed by atoms with E-state index in [1.165, 1.54) is 0 Å². The van der Waals surface area contributed by atoms with Gasteiger partial charge in [0, 0.05) is 23.4 Å². The van der Waals surface area contributed by atoms with Crippen molar-refractivity contribution in [2.45, 2.75) is 33.6 Å².